The smallest absolute Gasteiger partial charge is 0.221 e. The summed E-state index contributed by atoms with van der Waals surface area (Å²) in [5, 5.41) is 2.81. The van der Waals surface area contributed by atoms with Crippen LogP contribution in [0.5, 0.6) is 0 Å². The van der Waals surface area contributed by atoms with Crippen molar-refractivity contribution in [1.82, 2.24) is 10.0 Å². The van der Waals surface area contributed by atoms with E-state index in [1.807, 2.05) is 0 Å². The van der Waals surface area contributed by atoms with E-state index >= 15 is 0 Å². The number of hydrogen-bond acceptors (Lipinski definition) is 3. The highest BCUT2D eigenvalue weighted by molar-refractivity contribution is 7.90. The summed E-state index contributed by atoms with van der Waals surface area (Å²) in [4.78, 5) is 11.4. The minimum atomic E-state index is -3.47. The lowest BCUT2D eigenvalue weighted by molar-refractivity contribution is -0.121. The molecule has 5 fully saturated rings. The summed E-state index contributed by atoms with van der Waals surface area (Å²) in [6.07, 6.45) is 6.90. The number of carbonyl (C=O) groups excluding carboxylic acids is 1. The van der Waals surface area contributed by atoms with Crippen LogP contribution in [0.25, 0.3) is 0 Å². The zero-order valence-electron chi connectivity index (χ0n) is 13.3. The van der Waals surface area contributed by atoms with Crippen LogP contribution >= 0.6 is 11.6 Å². The average molecular weight is 361 g/mol. The Morgan fingerprint density at radius 1 is 1.17 bits per heavy atom. The van der Waals surface area contributed by atoms with Crippen molar-refractivity contribution >= 4 is 27.5 Å². The minimum Gasteiger partial charge on any atom is -0.356 e. The van der Waals surface area contributed by atoms with E-state index in [9.17, 15) is 13.2 Å². The van der Waals surface area contributed by atoms with Crippen LogP contribution in [0.2, 0.25) is 0 Å². The summed E-state index contributed by atoms with van der Waals surface area (Å²) in [5.74, 6) is 0.833. The van der Waals surface area contributed by atoms with Crippen LogP contribution in [0.3, 0.4) is 0 Å². The zero-order valence-corrected chi connectivity index (χ0v) is 14.9. The fourth-order valence-corrected chi connectivity index (χ4v) is 8.84. The maximum Gasteiger partial charge on any atom is 0.221 e. The summed E-state index contributed by atoms with van der Waals surface area (Å²) in [5.41, 5.74) is 0. The van der Waals surface area contributed by atoms with Gasteiger partial charge in [0, 0.05) is 23.9 Å². The van der Waals surface area contributed by atoms with Crippen LogP contribution in [-0.4, -0.2) is 36.5 Å². The third-order valence-corrected chi connectivity index (χ3v) is 9.01. The van der Waals surface area contributed by atoms with Gasteiger partial charge in [0.15, 0.2) is 0 Å². The highest BCUT2D eigenvalue weighted by atomic mass is 35.5. The number of alkyl halides is 1. The molecule has 4 aliphatic carbocycles. The number of halogens is 1. The quantitative estimate of drug-likeness (QED) is 0.755. The first kappa shape index (κ1) is 16.2. The number of carbonyl (C=O) groups is 1. The van der Waals surface area contributed by atoms with Gasteiger partial charge >= 0.3 is 0 Å². The molecule has 5 nitrogen and oxygen atoms in total. The minimum absolute atomic E-state index is 0.0606. The molecule has 0 radical (unpaired) electrons. The first-order valence-electron chi connectivity index (χ1n) is 8.77. The predicted molar refractivity (Wildman–Crippen MR) is 88.7 cm³/mol. The molecule has 3 atom stereocenters. The molecule has 4 bridgehead atoms. The van der Waals surface area contributed by atoms with E-state index in [2.05, 4.69) is 10.0 Å². The predicted octanol–water partition coefficient (Wildman–Crippen LogP) is 1.90. The first-order chi connectivity index (χ1) is 10.8. The highest BCUT2D eigenvalue weighted by Gasteiger charge is 2.62. The molecule has 0 aromatic rings. The second kappa shape index (κ2) is 5.33. The molecule has 0 spiro atoms. The van der Waals surface area contributed by atoms with Gasteiger partial charge in [-0.2, -0.15) is 0 Å². The van der Waals surface area contributed by atoms with Crippen molar-refractivity contribution in [2.75, 3.05) is 6.54 Å². The fraction of sp³-hybridized carbons (Fsp3) is 0.938. The SMILES string of the molecule is O=C1C[C@@H](NS(=O)(=O)C23CC4CC(CC(Cl)(C4)C2)C3)CCCN1. The van der Waals surface area contributed by atoms with Gasteiger partial charge in [0.1, 0.15) is 0 Å². The second-order valence-electron chi connectivity index (χ2n) is 8.31. The van der Waals surface area contributed by atoms with Crippen LogP contribution in [0, 0.1) is 11.8 Å². The highest BCUT2D eigenvalue weighted by Crippen LogP contribution is 2.62. The van der Waals surface area contributed by atoms with Gasteiger partial charge in [0.25, 0.3) is 0 Å². The van der Waals surface area contributed by atoms with Crippen molar-refractivity contribution in [3.8, 4) is 0 Å². The van der Waals surface area contributed by atoms with Crippen LogP contribution in [0.1, 0.15) is 57.8 Å². The van der Waals surface area contributed by atoms with Gasteiger partial charge in [-0.05, 0) is 63.2 Å². The molecule has 7 heteroatoms. The number of sulfonamides is 1. The van der Waals surface area contributed by atoms with Crippen molar-refractivity contribution in [3.63, 3.8) is 0 Å². The molecular weight excluding hydrogens is 336 g/mol. The van der Waals surface area contributed by atoms with Crippen LogP contribution in [-0.2, 0) is 14.8 Å². The molecule has 0 aromatic carbocycles. The molecule has 2 unspecified atom stereocenters. The summed E-state index contributed by atoms with van der Waals surface area (Å²) < 4.78 is 28.6. The molecule has 1 heterocycles. The maximum absolute atomic E-state index is 13.2. The number of hydrogen-bond donors (Lipinski definition) is 2. The average Bonchev–Trinajstić information content (AvgIpc) is 2.59. The van der Waals surface area contributed by atoms with Crippen molar-refractivity contribution in [2.45, 2.75) is 73.5 Å². The molecule has 2 N–H and O–H groups in total. The molecule has 4 saturated carbocycles. The maximum atomic E-state index is 13.2. The van der Waals surface area contributed by atoms with Crippen molar-refractivity contribution in [3.05, 3.63) is 0 Å². The van der Waals surface area contributed by atoms with Crippen LogP contribution < -0.4 is 10.0 Å². The van der Waals surface area contributed by atoms with Crippen molar-refractivity contribution < 1.29 is 13.2 Å². The van der Waals surface area contributed by atoms with E-state index < -0.39 is 14.8 Å². The fourth-order valence-electron chi connectivity index (χ4n) is 5.80. The first-order valence-corrected chi connectivity index (χ1v) is 10.6. The Hall–Kier alpha value is -0.330. The summed E-state index contributed by atoms with van der Waals surface area (Å²) >= 11 is 6.76. The topological polar surface area (TPSA) is 75.3 Å². The molecular formula is C16H25ClN2O3S. The lowest BCUT2D eigenvalue weighted by atomic mass is 9.55. The van der Waals surface area contributed by atoms with Crippen LogP contribution in [0.15, 0.2) is 0 Å². The Bertz CT molecular complexity index is 607. The van der Waals surface area contributed by atoms with E-state index in [0.29, 0.717) is 31.2 Å². The van der Waals surface area contributed by atoms with E-state index in [-0.39, 0.29) is 23.2 Å². The molecule has 1 saturated heterocycles. The van der Waals surface area contributed by atoms with Crippen LogP contribution in [0.4, 0.5) is 0 Å². The van der Waals surface area contributed by atoms with E-state index in [1.165, 1.54) is 0 Å². The Labute approximate surface area is 143 Å². The zero-order chi connectivity index (χ0) is 16.3. The van der Waals surface area contributed by atoms with Crippen molar-refractivity contribution in [2.24, 2.45) is 11.8 Å². The molecule has 5 aliphatic rings. The van der Waals surface area contributed by atoms with E-state index in [1.54, 1.807) is 0 Å². The molecule has 1 aliphatic heterocycles. The van der Waals surface area contributed by atoms with Gasteiger partial charge in [-0.3, -0.25) is 4.79 Å². The third-order valence-electron chi connectivity index (χ3n) is 6.31. The van der Waals surface area contributed by atoms with Gasteiger partial charge in [-0.25, -0.2) is 13.1 Å². The molecule has 130 valence electrons. The lowest BCUT2D eigenvalue weighted by Gasteiger charge is -2.59. The summed E-state index contributed by atoms with van der Waals surface area (Å²) in [6.45, 7) is 0.636. The third kappa shape index (κ3) is 2.81. The number of rotatable bonds is 3. The molecule has 1 amide bonds. The second-order valence-corrected chi connectivity index (χ2v) is 11.2. The standard InChI is InChI=1S/C16H25ClN2O3S/c17-15-6-11-4-12(7-15)9-16(8-11,10-15)23(21,22)19-13-2-1-3-18-14(20)5-13/h11-13,19H,1-10H2,(H,18,20)/t11?,12?,13-,15?,16?/m0/s1. The summed E-state index contributed by atoms with van der Waals surface area (Å²) in [6, 6.07) is -0.276. The molecule has 0 aromatic heterocycles. The van der Waals surface area contributed by atoms with Gasteiger partial charge in [0.05, 0.1) is 4.75 Å². The Kier molecular flexibility index (Phi) is 3.75. The van der Waals surface area contributed by atoms with Gasteiger partial charge in [-0.1, -0.05) is 0 Å². The Morgan fingerprint density at radius 2 is 1.87 bits per heavy atom. The Balaban J connectivity index is 1.57. The van der Waals surface area contributed by atoms with Crippen molar-refractivity contribution in [1.29, 1.82) is 0 Å². The molecule has 5 rings (SSSR count). The number of amides is 1. The monoisotopic (exact) mass is 360 g/mol. The van der Waals surface area contributed by atoms with E-state index in [0.717, 1.165) is 38.5 Å². The van der Waals surface area contributed by atoms with Gasteiger partial charge in [-0.15, -0.1) is 11.6 Å². The largest absolute Gasteiger partial charge is 0.356 e. The number of nitrogens with one attached hydrogen (secondary N) is 2. The normalized spacial score (nSPS) is 46.5. The van der Waals surface area contributed by atoms with E-state index in [4.69, 9.17) is 11.6 Å². The lowest BCUT2D eigenvalue weighted by Crippen LogP contribution is -2.63. The summed E-state index contributed by atoms with van der Waals surface area (Å²) in [7, 11) is -3.47. The van der Waals surface area contributed by atoms with Gasteiger partial charge in [0.2, 0.25) is 15.9 Å². The van der Waals surface area contributed by atoms with Gasteiger partial charge < -0.3 is 5.32 Å². The molecule has 23 heavy (non-hydrogen) atoms. The Morgan fingerprint density at radius 3 is 2.52 bits per heavy atom.